The zero-order chi connectivity index (χ0) is 14.6. The molecule has 4 aliphatic carbocycles. The zero-order valence-corrected chi connectivity index (χ0v) is 13.0. The van der Waals surface area contributed by atoms with Crippen LogP contribution in [-0.2, 0) is 14.3 Å². The van der Waals surface area contributed by atoms with Crippen LogP contribution >= 0.6 is 0 Å². The minimum atomic E-state index is -0.00328. The summed E-state index contributed by atoms with van der Waals surface area (Å²) in [5.74, 6) is 5.20. The van der Waals surface area contributed by atoms with Crippen LogP contribution < -0.4 is 0 Å². The number of hydrogen-bond donors (Lipinski definition) is 0. The predicted octanol–water partition coefficient (Wildman–Crippen LogP) is 3.25. The Balaban J connectivity index is 1.34. The minimum absolute atomic E-state index is 0.00328. The van der Waals surface area contributed by atoms with Crippen molar-refractivity contribution in [1.29, 1.82) is 0 Å². The van der Waals surface area contributed by atoms with Crippen molar-refractivity contribution in [2.45, 2.75) is 33.1 Å². The normalized spacial score (nSPS) is 45.6. The molecule has 0 heterocycles. The van der Waals surface area contributed by atoms with Gasteiger partial charge in [-0.25, -0.2) is 0 Å². The summed E-state index contributed by atoms with van der Waals surface area (Å²) >= 11 is 0. The summed E-state index contributed by atoms with van der Waals surface area (Å²) in [6.07, 6.45) is 8.53. The van der Waals surface area contributed by atoms with Crippen molar-refractivity contribution in [2.24, 2.45) is 47.3 Å². The van der Waals surface area contributed by atoms with Crippen LogP contribution in [0.15, 0.2) is 12.2 Å². The number of carbonyl (C=O) groups is 1. The van der Waals surface area contributed by atoms with Crippen LogP contribution in [0.1, 0.15) is 33.1 Å². The van der Waals surface area contributed by atoms with Gasteiger partial charge in [0, 0.05) is 0 Å². The first-order valence-corrected chi connectivity index (χ1v) is 8.58. The zero-order valence-electron chi connectivity index (χ0n) is 13.0. The molecule has 3 nitrogen and oxygen atoms in total. The fourth-order valence-electron chi connectivity index (χ4n) is 5.78. The van der Waals surface area contributed by atoms with Crippen molar-refractivity contribution in [3.8, 4) is 0 Å². The van der Waals surface area contributed by atoms with E-state index in [1.54, 1.807) is 0 Å². The molecule has 7 unspecified atom stereocenters. The van der Waals surface area contributed by atoms with Crippen LogP contribution in [0.25, 0.3) is 0 Å². The van der Waals surface area contributed by atoms with Gasteiger partial charge in [-0.15, -0.1) is 0 Å². The van der Waals surface area contributed by atoms with Gasteiger partial charge in [-0.1, -0.05) is 26.0 Å². The molecule has 3 saturated carbocycles. The Morgan fingerprint density at radius 1 is 1.14 bits per heavy atom. The van der Waals surface area contributed by atoms with Crippen molar-refractivity contribution in [3.05, 3.63) is 12.2 Å². The number of ether oxygens (including phenoxy) is 2. The number of fused-ring (bicyclic) bond motifs is 9. The maximum Gasteiger partial charge on any atom is 0.311 e. The van der Waals surface area contributed by atoms with Crippen LogP contribution in [0.2, 0.25) is 0 Å². The van der Waals surface area contributed by atoms with Gasteiger partial charge in [0.25, 0.3) is 0 Å². The second-order valence-corrected chi connectivity index (χ2v) is 7.95. The van der Waals surface area contributed by atoms with Crippen LogP contribution in [0.4, 0.5) is 0 Å². The van der Waals surface area contributed by atoms with Crippen LogP contribution in [0.3, 0.4) is 0 Å². The van der Waals surface area contributed by atoms with E-state index < -0.39 is 0 Å². The van der Waals surface area contributed by atoms with Gasteiger partial charge < -0.3 is 9.47 Å². The highest BCUT2D eigenvalue weighted by Crippen LogP contribution is 2.67. The lowest BCUT2D eigenvalue weighted by Gasteiger charge is -2.35. The van der Waals surface area contributed by atoms with Crippen LogP contribution in [0, 0.1) is 47.3 Å². The summed E-state index contributed by atoms with van der Waals surface area (Å²) in [6.45, 7) is 4.98. The third kappa shape index (κ3) is 2.16. The first-order valence-electron chi connectivity index (χ1n) is 8.58. The van der Waals surface area contributed by atoms with Crippen molar-refractivity contribution in [3.63, 3.8) is 0 Å². The van der Waals surface area contributed by atoms with Gasteiger partial charge in [0.2, 0.25) is 0 Å². The third-order valence-electron chi connectivity index (χ3n) is 6.31. The number of carbonyl (C=O) groups excluding carboxylic acids is 1. The maximum atomic E-state index is 12.4. The molecule has 116 valence electrons. The summed E-state index contributed by atoms with van der Waals surface area (Å²) in [5, 5.41) is 0. The molecule has 21 heavy (non-hydrogen) atoms. The Kier molecular flexibility index (Phi) is 3.36. The average Bonchev–Trinajstić information content (AvgIpc) is 3.19. The van der Waals surface area contributed by atoms with E-state index in [-0.39, 0.29) is 18.7 Å². The summed E-state index contributed by atoms with van der Waals surface area (Å²) < 4.78 is 10.8. The molecule has 3 fully saturated rings. The molecule has 0 aliphatic heterocycles. The quantitative estimate of drug-likeness (QED) is 0.256. The molecular formula is C18H26O3. The van der Waals surface area contributed by atoms with Gasteiger partial charge in [-0.2, -0.15) is 0 Å². The van der Waals surface area contributed by atoms with E-state index in [1.165, 1.54) is 12.8 Å². The summed E-state index contributed by atoms with van der Waals surface area (Å²) in [4.78, 5) is 12.4. The van der Waals surface area contributed by atoms with Gasteiger partial charge >= 0.3 is 5.97 Å². The van der Waals surface area contributed by atoms with E-state index in [9.17, 15) is 4.79 Å². The highest BCUT2D eigenvalue weighted by atomic mass is 16.7. The van der Waals surface area contributed by atoms with Crippen molar-refractivity contribution in [1.82, 2.24) is 0 Å². The second kappa shape index (κ2) is 5.12. The molecule has 0 spiro atoms. The first-order chi connectivity index (χ1) is 10.1. The number of allylic oxidation sites excluding steroid dienone is 2. The topological polar surface area (TPSA) is 35.5 Å². The molecule has 0 aromatic rings. The Hall–Kier alpha value is -0.830. The molecule has 4 bridgehead atoms. The largest absolute Gasteiger partial charge is 0.438 e. The highest BCUT2D eigenvalue weighted by molar-refractivity contribution is 5.73. The molecule has 0 radical (unpaired) electrons. The fraction of sp³-hybridized carbons (Fsp3) is 0.833. The molecule has 4 rings (SSSR count). The predicted molar refractivity (Wildman–Crippen MR) is 79.2 cm³/mol. The smallest absolute Gasteiger partial charge is 0.311 e. The van der Waals surface area contributed by atoms with Crippen LogP contribution in [-0.4, -0.2) is 19.4 Å². The number of esters is 1. The SMILES string of the molecule is CC(C)COCOC(=O)C1CC2CC1C1C3C=CC(C3)C21. The van der Waals surface area contributed by atoms with Gasteiger partial charge in [-0.3, -0.25) is 4.79 Å². The molecule has 7 atom stereocenters. The van der Waals surface area contributed by atoms with Crippen molar-refractivity contribution in [2.75, 3.05) is 13.4 Å². The lowest BCUT2D eigenvalue weighted by molar-refractivity contribution is -0.165. The lowest BCUT2D eigenvalue weighted by Crippen LogP contribution is -2.35. The van der Waals surface area contributed by atoms with E-state index in [4.69, 9.17) is 9.47 Å². The third-order valence-corrected chi connectivity index (χ3v) is 6.31. The van der Waals surface area contributed by atoms with E-state index in [0.29, 0.717) is 18.4 Å². The first kappa shape index (κ1) is 13.8. The summed E-state index contributed by atoms with van der Waals surface area (Å²) in [6, 6.07) is 0. The van der Waals surface area contributed by atoms with E-state index in [2.05, 4.69) is 26.0 Å². The second-order valence-electron chi connectivity index (χ2n) is 7.95. The van der Waals surface area contributed by atoms with Gasteiger partial charge in [0.15, 0.2) is 6.79 Å². The molecule has 0 saturated heterocycles. The molecule has 4 aliphatic rings. The summed E-state index contributed by atoms with van der Waals surface area (Å²) in [5.41, 5.74) is 0. The molecular weight excluding hydrogens is 264 g/mol. The Morgan fingerprint density at radius 2 is 1.90 bits per heavy atom. The van der Waals surface area contributed by atoms with E-state index >= 15 is 0 Å². The Bertz CT molecular complexity index is 455. The molecule has 3 heteroatoms. The average molecular weight is 290 g/mol. The van der Waals surface area contributed by atoms with Gasteiger partial charge in [-0.05, 0) is 60.7 Å². The van der Waals surface area contributed by atoms with Gasteiger partial charge in [0.05, 0.1) is 12.5 Å². The monoisotopic (exact) mass is 290 g/mol. The van der Waals surface area contributed by atoms with Crippen molar-refractivity contribution < 1.29 is 14.3 Å². The van der Waals surface area contributed by atoms with E-state index in [1.807, 2.05) is 0 Å². The lowest BCUT2D eigenvalue weighted by atomic mass is 9.69. The molecule has 0 amide bonds. The highest BCUT2D eigenvalue weighted by Gasteiger charge is 2.62. The van der Waals surface area contributed by atoms with Gasteiger partial charge in [0.1, 0.15) is 0 Å². The number of rotatable bonds is 5. The maximum absolute atomic E-state index is 12.4. The Morgan fingerprint density at radius 3 is 2.67 bits per heavy atom. The molecule has 0 aromatic carbocycles. The standard InChI is InChI=1S/C18H26O3/c1-10(2)8-20-9-21-18(19)15-7-13-6-14(15)17-12-4-3-11(5-12)16(13)17/h3-4,10-17H,5-9H2,1-2H3. The number of hydrogen-bond acceptors (Lipinski definition) is 3. The van der Waals surface area contributed by atoms with E-state index in [0.717, 1.165) is 36.0 Å². The fourth-order valence-corrected chi connectivity index (χ4v) is 5.78. The summed E-state index contributed by atoms with van der Waals surface area (Å²) in [7, 11) is 0. The Labute approximate surface area is 127 Å². The molecule has 0 aromatic heterocycles. The van der Waals surface area contributed by atoms with Crippen molar-refractivity contribution >= 4 is 5.97 Å². The molecule has 0 N–H and O–H groups in total. The van der Waals surface area contributed by atoms with Crippen LogP contribution in [0.5, 0.6) is 0 Å². The minimum Gasteiger partial charge on any atom is -0.438 e.